The maximum Gasteiger partial charge on any atom is 0.251 e. The molecule has 4 aromatic carbocycles. The summed E-state index contributed by atoms with van der Waals surface area (Å²) >= 11 is 0. The van der Waals surface area contributed by atoms with E-state index in [0.29, 0.717) is 30.5 Å². The van der Waals surface area contributed by atoms with E-state index in [1.807, 2.05) is 54.6 Å². The Bertz CT molecular complexity index is 1490. The zero-order valence-corrected chi connectivity index (χ0v) is 26.2. The highest BCUT2D eigenvalue weighted by Gasteiger charge is 2.37. The molecule has 228 valence electrons. The molecule has 3 N–H and O–H groups in total. The standard InChI is InChI=1S/C39H45N3O2/c1-39(2,3)33-23-17-28(18-24-33)27-41-38(44)35(16-10-11-25-40-36-26-34(36)31-14-8-5-9-15-31)42-37(43)32-21-19-30(20-22-32)29-12-6-4-7-13-29/h4-9,12-15,17-24,34-36,40H,10-11,16,25-27H2,1-3H3,(H,41,44)(H,42,43)/t34-,35-,36+/m0/s1. The zero-order valence-electron chi connectivity index (χ0n) is 26.2. The highest BCUT2D eigenvalue weighted by molar-refractivity contribution is 5.97. The van der Waals surface area contributed by atoms with E-state index in [-0.39, 0.29) is 17.2 Å². The third-order valence-corrected chi connectivity index (χ3v) is 8.51. The topological polar surface area (TPSA) is 70.2 Å². The van der Waals surface area contributed by atoms with Crippen LogP contribution in [-0.2, 0) is 16.8 Å². The molecule has 0 aromatic heterocycles. The van der Waals surface area contributed by atoms with Gasteiger partial charge in [0.25, 0.3) is 5.91 Å². The highest BCUT2D eigenvalue weighted by atomic mass is 16.2. The molecular weight excluding hydrogens is 542 g/mol. The molecule has 1 fully saturated rings. The first-order valence-corrected chi connectivity index (χ1v) is 15.9. The molecule has 0 heterocycles. The van der Waals surface area contributed by atoms with Gasteiger partial charge in [0.1, 0.15) is 6.04 Å². The third kappa shape index (κ3) is 8.67. The average molecular weight is 588 g/mol. The van der Waals surface area contributed by atoms with E-state index < -0.39 is 6.04 Å². The van der Waals surface area contributed by atoms with Crippen molar-refractivity contribution in [3.05, 3.63) is 131 Å². The molecule has 1 aliphatic carbocycles. The van der Waals surface area contributed by atoms with E-state index in [4.69, 9.17) is 0 Å². The van der Waals surface area contributed by atoms with Crippen molar-refractivity contribution in [3.8, 4) is 11.1 Å². The van der Waals surface area contributed by atoms with Gasteiger partial charge in [-0.2, -0.15) is 0 Å². The second-order valence-electron chi connectivity index (χ2n) is 12.9. The van der Waals surface area contributed by atoms with Crippen LogP contribution in [0.2, 0.25) is 0 Å². The monoisotopic (exact) mass is 587 g/mol. The summed E-state index contributed by atoms with van der Waals surface area (Å²) in [4.78, 5) is 26.7. The average Bonchev–Trinajstić information content (AvgIpc) is 3.83. The summed E-state index contributed by atoms with van der Waals surface area (Å²) in [6.45, 7) is 7.89. The number of hydrogen-bond donors (Lipinski definition) is 3. The lowest BCUT2D eigenvalue weighted by atomic mass is 9.87. The van der Waals surface area contributed by atoms with Crippen LogP contribution in [0.4, 0.5) is 0 Å². The van der Waals surface area contributed by atoms with Crippen molar-refractivity contribution in [1.29, 1.82) is 0 Å². The normalized spacial score (nSPS) is 16.6. The summed E-state index contributed by atoms with van der Waals surface area (Å²) in [7, 11) is 0. The van der Waals surface area contributed by atoms with Gasteiger partial charge in [-0.25, -0.2) is 0 Å². The SMILES string of the molecule is CC(C)(C)c1ccc(CNC(=O)[C@H](CCCCN[C@@H]2C[C@H]2c2ccccc2)NC(=O)c2ccc(-c3ccccc3)cc2)cc1. The second-order valence-corrected chi connectivity index (χ2v) is 12.9. The van der Waals surface area contributed by atoms with E-state index in [9.17, 15) is 9.59 Å². The van der Waals surface area contributed by atoms with Crippen LogP contribution < -0.4 is 16.0 Å². The van der Waals surface area contributed by atoms with Crippen molar-refractivity contribution in [2.75, 3.05) is 6.54 Å². The van der Waals surface area contributed by atoms with Gasteiger partial charge >= 0.3 is 0 Å². The Labute approximate surface area is 262 Å². The molecule has 0 spiro atoms. The first-order valence-electron chi connectivity index (χ1n) is 15.9. The van der Waals surface area contributed by atoms with Crippen molar-refractivity contribution < 1.29 is 9.59 Å². The molecule has 0 bridgehead atoms. The molecule has 44 heavy (non-hydrogen) atoms. The van der Waals surface area contributed by atoms with Gasteiger partial charge in [-0.05, 0) is 77.6 Å². The predicted octanol–water partition coefficient (Wildman–Crippen LogP) is 7.38. The molecule has 2 amide bonds. The van der Waals surface area contributed by atoms with Crippen LogP contribution in [0, 0.1) is 0 Å². The number of hydrogen-bond acceptors (Lipinski definition) is 3. The molecule has 5 heteroatoms. The van der Waals surface area contributed by atoms with Gasteiger partial charge in [0.2, 0.25) is 5.91 Å². The summed E-state index contributed by atoms with van der Waals surface area (Å²) in [5.41, 5.74) is 6.46. The molecule has 5 nitrogen and oxygen atoms in total. The Morgan fingerprint density at radius 1 is 0.773 bits per heavy atom. The van der Waals surface area contributed by atoms with Crippen LogP contribution in [0.1, 0.15) is 79.4 Å². The van der Waals surface area contributed by atoms with Gasteiger partial charge in [-0.1, -0.05) is 118 Å². The minimum atomic E-state index is -0.608. The van der Waals surface area contributed by atoms with Gasteiger partial charge in [0.15, 0.2) is 0 Å². The Morgan fingerprint density at radius 2 is 1.41 bits per heavy atom. The number of nitrogens with one attached hydrogen (secondary N) is 3. The Morgan fingerprint density at radius 3 is 2.07 bits per heavy atom. The number of carbonyl (C=O) groups excluding carboxylic acids is 2. The summed E-state index contributed by atoms with van der Waals surface area (Å²) < 4.78 is 0. The quantitative estimate of drug-likeness (QED) is 0.143. The number of benzene rings is 4. The first-order chi connectivity index (χ1) is 21.3. The van der Waals surface area contributed by atoms with Gasteiger partial charge in [-0.3, -0.25) is 9.59 Å². The molecule has 5 rings (SSSR count). The molecule has 0 aliphatic heterocycles. The smallest absolute Gasteiger partial charge is 0.251 e. The zero-order chi connectivity index (χ0) is 30.9. The number of rotatable bonds is 13. The third-order valence-electron chi connectivity index (χ3n) is 8.51. The van der Waals surface area contributed by atoms with Crippen molar-refractivity contribution in [2.45, 2.75) is 76.4 Å². The van der Waals surface area contributed by atoms with Crippen molar-refractivity contribution in [2.24, 2.45) is 0 Å². The molecule has 0 unspecified atom stereocenters. The first kappa shape index (κ1) is 31.2. The summed E-state index contributed by atoms with van der Waals surface area (Å²) in [6, 6.07) is 36.6. The maximum atomic E-state index is 13.4. The van der Waals surface area contributed by atoms with E-state index in [0.717, 1.165) is 36.1 Å². The van der Waals surface area contributed by atoms with Crippen LogP contribution in [0.25, 0.3) is 11.1 Å². The van der Waals surface area contributed by atoms with E-state index in [2.05, 4.69) is 91.3 Å². The summed E-state index contributed by atoms with van der Waals surface area (Å²) in [5.74, 6) is 0.208. The summed E-state index contributed by atoms with van der Waals surface area (Å²) in [6.07, 6.45) is 3.53. The van der Waals surface area contributed by atoms with E-state index in [1.54, 1.807) is 0 Å². The fraction of sp³-hybridized carbons (Fsp3) is 0.333. The minimum Gasteiger partial charge on any atom is -0.350 e. The number of amides is 2. The molecule has 1 saturated carbocycles. The fourth-order valence-electron chi connectivity index (χ4n) is 5.64. The molecule has 0 saturated heterocycles. The van der Waals surface area contributed by atoms with Crippen LogP contribution in [0.3, 0.4) is 0 Å². The Balaban J connectivity index is 1.16. The van der Waals surface area contributed by atoms with Crippen molar-refractivity contribution in [3.63, 3.8) is 0 Å². The molecule has 1 aliphatic rings. The van der Waals surface area contributed by atoms with E-state index >= 15 is 0 Å². The fourth-order valence-corrected chi connectivity index (χ4v) is 5.64. The predicted molar refractivity (Wildman–Crippen MR) is 180 cm³/mol. The molecule has 3 atom stereocenters. The lowest BCUT2D eigenvalue weighted by Crippen LogP contribution is -2.46. The number of unbranched alkanes of at least 4 members (excludes halogenated alkanes) is 1. The van der Waals surface area contributed by atoms with Crippen molar-refractivity contribution >= 4 is 11.8 Å². The van der Waals surface area contributed by atoms with Crippen LogP contribution in [-0.4, -0.2) is 30.4 Å². The van der Waals surface area contributed by atoms with Crippen molar-refractivity contribution in [1.82, 2.24) is 16.0 Å². The maximum absolute atomic E-state index is 13.4. The van der Waals surface area contributed by atoms with Gasteiger partial charge < -0.3 is 16.0 Å². The Hall–Kier alpha value is -4.22. The lowest BCUT2D eigenvalue weighted by Gasteiger charge is -2.20. The second kappa shape index (κ2) is 14.5. The van der Waals surface area contributed by atoms with Crippen LogP contribution in [0.15, 0.2) is 109 Å². The molecule has 0 radical (unpaired) electrons. The van der Waals surface area contributed by atoms with Gasteiger partial charge in [0.05, 0.1) is 0 Å². The molecular formula is C39H45N3O2. The minimum absolute atomic E-state index is 0.0767. The van der Waals surface area contributed by atoms with Gasteiger partial charge in [0, 0.05) is 24.1 Å². The van der Waals surface area contributed by atoms with E-state index in [1.165, 1.54) is 17.5 Å². The largest absolute Gasteiger partial charge is 0.350 e. The number of carbonyl (C=O) groups is 2. The highest BCUT2D eigenvalue weighted by Crippen LogP contribution is 2.40. The van der Waals surface area contributed by atoms with Crippen LogP contribution >= 0.6 is 0 Å². The Kier molecular flexibility index (Phi) is 10.3. The van der Waals surface area contributed by atoms with Gasteiger partial charge in [-0.15, -0.1) is 0 Å². The summed E-state index contributed by atoms with van der Waals surface area (Å²) in [5, 5.41) is 9.76. The van der Waals surface area contributed by atoms with Crippen LogP contribution in [0.5, 0.6) is 0 Å². The molecule has 4 aromatic rings. The lowest BCUT2D eigenvalue weighted by molar-refractivity contribution is -0.123.